The number of aryl methyl sites for hydroxylation is 1. The summed E-state index contributed by atoms with van der Waals surface area (Å²) in [5, 5.41) is 4.40. The van der Waals surface area contributed by atoms with E-state index in [0.29, 0.717) is 30.0 Å². The van der Waals surface area contributed by atoms with Crippen molar-refractivity contribution in [3.8, 4) is 0 Å². The van der Waals surface area contributed by atoms with Crippen molar-refractivity contribution >= 4 is 17.5 Å². The number of pyridine rings is 1. The first-order valence-electron chi connectivity index (χ1n) is 9.23. The second-order valence-corrected chi connectivity index (χ2v) is 7.26. The molecule has 28 heavy (non-hydrogen) atoms. The van der Waals surface area contributed by atoms with Gasteiger partial charge in [-0.2, -0.15) is 5.10 Å². The lowest BCUT2D eigenvalue weighted by Gasteiger charge is -2.17. The summed E-state index contributed by atoms with van der Waals surface area (Å²) < 4.78 is 1.72. The number of carbonyl (C=O) groups is 2. The molecular formula is C20H22N6O2. The Kier molecular flexibility index (Phi) is 4.54. The monoisotopic (exact) mass is 378 g/mol. The minimum Gasteiger partial charge on any atom is -0.345 e. The van der Waals surface area contributed by atoms with Crippen LogP contribution in [0.25, 0.3) is 5.65 Å². The number of hydrogen-bond acceptors (Lipinski definition) is 5. The van der Waals surface area contributed by atoms with E-state index in [1.54, 1.807) is 37.1 Å². The number of nitrogens with zero attached hydrogens (tertiary/aromatic N) is 6. The molecule has 3 aromatic rings. The number of carbonyl (C=O) groups excluding carboxylic acids is 2. The van der Waals surface area contributed by atoms with Gasteiger partial charge in [0.2, 0.25) is 0 Å². The van der Waals surface area contributed by atoms with Crippen LogP contribution in [0.15, 0.2) is 36.7 Å². The van der Waals surface area contributed by atoms with Gasteiger partial charge < -0.3 is 9.80 Å². The van der Waals surface area contributed by atoms with Gasteiger partial charge in [-0.15, -0.1) is 0 Å². The van der Waals surface area contributed by atoms with Crippen molar-refractivity contribution in [2.45, 2.75) is 19.3 Å². The minimum atomic E-state index is -0.131. The summed E-state index contributed by atoms with van der Waals surface area (Å²) in [6.45, 7) is 3.12. The molecule has 0 unspecified atom stereocenters. The molecule has 3 aromatic heterocycles. The Morgan fingerprint density at radius 2 is 2.04 bits per heavy atom. The van der Waals surface area contributed by atoms with Crippen molar-refractivity contribution in [2.24, 2.45) is 0 Å². The van der Waals surface area contributed by atoms with Gasteiger partial charge in [0.25, 0.3) is 11.8 Å². The highest BCUT2D eigenvalue weighted by molar-refractivity contribution is 5.99. The van der Waals surface area contributed by atoms with E-state index in [-0.39, 0.29) is 17.7 Å². The highest BCUT2D eigenvalue weighted by atomic mass is 16.2. The van der Waals surface area contributed by atoms with Crippen LogP contribution in [0.3, 0.4) is 0 Å². The van der Waals surface area contributed by atoms with E-state index in [1.165, 1.54) is 4.90 Å². The lowest BCUT2D eigenvalue weighted by Crippen LogP contribution is -2.29. The zero-order valence-corrected chi connectivity index (χ0v) is 16.2. The van der Waals surface area contributed by atoms with Gasteiger partial charge in [0, 0.05) is 45.0 Å². The van der Waals surface area contributed by atoms with E-state index < -0.39 is 0 Å². The third-order valence-electron chi connectivity index (χ3n) is 5.07. The van der Waals surface area contributed by atoms with Crippen molar-refractivity contribution in [3.63, 3.8) is 0 Å². The predicted octanol–water partition coefficient (Wildman–Crippen LogP) is 1.76. The first kappa shape index (κ1) is 18.1. The molecular weight excluding hydrogens is 356 g/mol. The van der Waals surface area contributed by atoms with Gasteiger partial charge in [-0.05, 0) is 31.5 Å². The van der Waals surface area contributed by atoms with E-state index in [9.17, 15) is 9.59 Å². The Morgan fingerprint density at radius 1 is 1.21 bits per heavy atom. The van der Waals surface area contributed by atoms with Crippen LogP contribution in [-0.4, -0.2) is 68.4 Å². The first-order valence-corrected chi connectivity index (χ1v) is 9.23. The third-order valence-corrected chi connectivity index (χ3v) is 5.07. The smallest absolute Gasteiger partial charge is 0.272 e. The number of fused-ring (bicyclic) bond motifs is 1. The van der Waals surface area contributed by atoms with Crippen molar-refractivity contribution in [3.05, 3.63) is 59.3 Å². The van der Waals surface area contributed by atoms with Gasteiger partial charge in [0.1, 0.15) is 11.3 Å². The van der Waals surface area contributed by atoms with Crippen LogP contribution in [0, 0.1) is 6.92 Å². The molecule has 8 nitrogen and oxygen atoms in total. The van der Waals surface area contributed by atoms with E-state index >= 15 is 0 Å². The van der Waals surface area contributed by atoms with Crippen LogP contribution in [0.4, 0.5) is 0 Å². The first-order chi connectivity index (χ1) is 13.5. The van der Waals surface area contributed by atoms with E-state index in [4.69, 9.17) is 0 Å². The number of rotatable bonds is 3. The largest absolute Gasteiger partial charge is 0.345 e. The second kappa shape index (κ2) is 7.03. The van der Waals surface area contributed by atoms with Crippen LogP contribution in [0.1, 0.15) is 44.6 Å². The third kappa shape index (κ3) is 3.11. The molecule has 1 saturated heterocycles. The molecule has 1 aliphatic rings. The molecule has 8 heteroatoms. The predicted molar refractivity (Wildman–Crippen MR) is 103 cm³/mol. The van der Waals surface area contributed by atoms with E-state index in [0.717, 1.165) is 17.8 Å². The highest BCUT2D eigenvalue weighted by Gasteiger charge is 2.31. The summed E-state index contributed by atoms with van der Waals surface area (Å²) in [4.78, 5) is 37.2. The fourth-order valence-corrected chi connectivity index (χ4v) is 3.62. The van der Waals surface area contributed by atoms with Gasteiger partial charge in [-0.3, -0.25) is 9.59 Å². The molecule has 0 radical (unpaired) electrons. The van der Waals surface area contributed by atoms with E-state index in [2.05, 4.69) is 15.1 Å². The molecule has 1 fully saturated rings. The lowest BCUT2D eigenvalue weighted by molar-refractivity contribution is 0.0783. The Balaban J connectivity index is 1.60. The molecule has 0 aromatic carbocycles. The molecule has 144 valence electrons. The number of likely N-dealkylation sites (tertiary alicyclic amines) is 1. The molecule has 0 spiro atoms. The molecule has 0 bridgehead atoms. The summed E-state index contributed by atoms with van der Waals surface area (Å²) in [6.07, 6.45) is 4.08. The van der Waals surface area contributed by atoms with Crippen molar-refractivity contribution in [1.29, 1.82) is 0 Å². The van der Waals surface area contributed by atoms with Crippen molar-refractivity contribution < 1.29 is 9.59 Å². The Labute approximate surface area is 162 Å². The van der Waals surface area contributed by atoms with Crippen LogP contribution in [0.5, 0.6) is 0 Å². The number of hydrogen-bond donors (Lipinski definition) is 0. The fraction of sp³-hybridized carbons (Fsp3) is 0.350. The molecule has 0 saturated carbocycles. The number of amides is 2. The van der Waals surface area contributed by atoms with Gasteiger partial charge in [0.05, 0.1) is 11.9 Å². The average molecular weight is 378 g/mol. The lowest BCUT2D eigenvalue weighted by atomic mass is 10.0. The Bertz CT molecular complexity index is 1060. The van der Waals surface area contributed by atoms with Gasteiger partial charge in [-0.25, -0.2) is 14.5 Å². The van der Waals surface area contributed by atoms with E-state index in [1.807, 2.05) is 30.0 Å². The van der Waals surface area contributed by atoms with Crippen LogP contribution >= 0.6 is 0 Å². The molecule has 2 amide bonds. The molecule has 4 heterocycles. The summed E-state index contributed by atoms with van der Waals surface area (Å²) in [7, 11) is 3.41. The van der Waals surface area contributed by atoms with Gasteiger partial charge in [0.15, 0.2) is 5.65 Å². The molecule has 0 aliphatic carbocycles. The quantitative estimate of drug-likeness (QED) is 0.693. The number of aromatic nitrogens is 4. The zero-order valence-electron chi connectivity index (χ0n) is 16.2. The SMILES string of the molecule is Cc1cccc(C(=O)N2CC[C@H](c3ccnc4c(C(=O)N(C)C)cnn34)C2)n1. The Hall–Kier alpha value is -3.29. The topological polar surface area (TPSA) is 83.7 Å². The van der Waals surface area contributed by atoms with Crippen molar-refractivity contribution in [2.75, 3.05) is 27.2 Å². The maximum atomic E-state index is 12.8. The standard InChI is InChI=1S/C20H22N6O2/c1-13-5-4-6-16(23-13)20(28)25-10-8-14(12-25)17-7-9-21-18-15(11-22-26(17)18)19(27)24(2)3/h4-7,9,11,14H,8,10,12H2,1-3H3/t14-/m0/s1. The van der Waals surface area contributed by atoms with Gasteiger partial charge in [-0.1, -0.05) is 6.07 Å². The highest BCUT2D eigenvalue weighted by Crippen LogP contribution is 2.28. The Morgan fingerprint density at radius 3 is 2.79 bits per heavy atom. The molecule has 4 rings (SSSR count). The minimum absolute atomic E-state index is 0.0551. The molecule has 1 aliphatic heterocycles. The van der Waals surface area contributed by atoms with Crippen LogP contribution in [-0.2, 0) is 0 Å². The maximum absolute atomic E-state index is 12.8. The second-order valence-electron chi connectivity index (χ2n) is 7.26. The normalized spacial score (nSPS) is 16.5. The van der Waals surface area contributed by atoms with Crippen molar-refractivity contribution in [1.82, 2.24) is 29.4 Å². The summed E-state index contributed by atoms with van der Waals surface area (Å²) in [5.41, 5.74) is 3.27. The molecule has 0 N–H and O–H groups in total. The average Bonchev–Trinajstić information content (AvgIpc) is 3.34. The maximum Gasteiger partial charge on any atom is 0.272 e. The zero-order chi connectivity index (χ0) is 19.8. The van der Waals surface area contributed by atoms with Crippen LogP contribution in [0.2, 0.25) is 0 Å². The molecule has 1 atom stereocenters. The summed E-state index contributed by atoms with van der Waals surface area (Å²) in [5.74, 6) is -0.0599. The summed E-state index contributed by atoms with van der Waals surface area (Å²) >= 11 is 0. The van der Waals surface area contributed by atoms with Crippen LogP contribution < -0.4 is 0 Å². The fourth-order valence-electron chi connectivity index (χ4n) is 3.62. The van der Waals surface area contributed by atoms with Gasteiger partial charge >= 0.3 is 0 Å². The summed E-state index contributed by atoms with van der Waals surface area (Å²) in [6, 6.07) is 7.39.